The molecule has 0 aliphatic rings. The molecule has 6 heteroatoms. The maximum atomic E-state index is 11.6. The molecule has 92 valence electrons. The van der Waals surface area contributed by atoms with Crippen molar-refractivity contribution in [3.8, 4) is 0 Å². The number of ether oxygens (including phenoxy) is 1. The first-order chi connectivity index (χ1) is 8.06. The van der Waals surface area contributed by atoms with E-state index in [1.54, 1.807) is 12.1 Å². The zero-order valence-corrected chi connectivity index (χ0v) is 10.1. The van der Waals surface area contributed by atoms with Crippen LogP contribution in [0.15, 0.2) is 18.2 Å². The number of benzene rings is 1. The molecule has 0 aliphatic carbocycles. The number of amides is 1. The minimum atomic E-state index is -0.591. The molecule has 0 aromatic heterocycles. The molecule has 0 saturated heterocycles. The monoisotopic (exact) mass is 256 g/mol. The highest BCUT2D eigenvalue weighted by Crippen LogP contribution is 2.23. The van der Waals surface area contributed by atoms with Crippen LogP contribution in [0.1, 0.15) is 16.8 Å². The van der Waals surface area contributed by atoms with Crippen molar-refractivity contribution < 1.29 is 14.3 Å². The SMILES string of the molecule is CNC(=O)CCOC(=O)c1cccc(N)c1Cl. The number of nitrogens with one attached hydrogen (secondary N) is 1. The van der Waals surface area contributed by atoms with Gasteiger partial charge in [-0.05, 0) is 12.1 Å². The molecule has 3 N–H and O–H groups in total. The first-order valence-electron chi connectivity index (χ1n) is 4.98. The molecule has 0 saturated carbocycles. The summed E-state index contributed by atoms with van der Waals surface area (Å²) in [5.74, 6) is -0.789. The second kappa shape index (κ2) is 6.10. The third kappa shape index (κ3) is 3.64. The van der Waals surface area contributed by atoms with Crippen molar-refractivity contribution >= 4 is 29.2 Å². The number of halogens is 1. The number of rotatable bonds is 4. The molecule has 0 aliphatic heterocycles. The molecule has 0 spiro atoms. The predicted octanol–water partition coefficient (Wildman–Crippen LogP) is 1.22. The first kappa shape index (κ1) is 13.3. The van der Waals surface area contributed by atoms with Crippen LogP contribution in [-0.2, 0) is 9.53 Å². The lowest BCUT2D eigenvalue weighted by Crippen LogP contribution is -2.20. The Morgan fingerprint density at radius 3 is 2.82 bits per heavy atom. The van der Waals surface area contributed by atoms with E-state index in [0.717, 1.165) is 0 Å². The minimum Gasteiger partial charge on any atom is -0.462 e. The summed E-state index contributed by atoms with van der Waals surface area (Å²) in [5, 5.41) is 2.59. The van der Waals surface area contributed by atoms with Crippen LogP contribution in [0.2, 0.25) is 5.02 Å². The molecule has 0 unspecified atom stereocenters. The Balaban J connectivity index is 2.59. The van der Waals surface area contributed by atoms with Crippen molar-refractivity contribution in [2.45, 2.75) is 6.42 Å². The normalized spacial score (nSPS) is 9.76. The summed E-state index contributed by atoms with van der Waals surface area (Å²) in [6, 6.07) is 4.71. The van der Waals surface area contributed by atoms with Crippen LogP contribution in [0.4, 0.5) is 5.69 Å². The van der Waals surface area contributed by atoms with Crippen molar-refractivity contribution in [2.75, 3.05) is 19.4 Å². The molecule has 5 nitrogen and oxygen atoms in total. The first-order valence-corrected chi connectivity index (χ1v) is 5.35. The van der Waals surface area contributed by atoms with Gasteiger partial charge in [0.25, 0.3) is 0 Å². The van der Waals surface area contributed by atoms with Crippen molar-refractivity contribution in [3.05, 3.63) is 28.8 Å². The zero-order valence-electron chi connectivity index (χ0n) is 9.33. The largest absolute Gasteiger partial charge is 0.462 e. The fraction of sp³-hybridized carbons (Fsp3) is 0.273. The summed E-state index contributed by atoms with van der Waals surface area (Å²) >= 11 is 5.85. The Kier molecular flexibility index (Phi) is 4.78. The smallest absolute Gasteiger partial charge is 0.339 e. The number of hydrogen-bond donors (Lipinski definition) is 2. The number of nitrogen functional groups attached to an aromatic ring is 1. The van der Waals surface area contributed by atoms with E-state index in [1.165, 1.54) is 13.1 Å². The molecule has 0 bridgehead atoms. The number of carbonyl (C=O) groups is 2. The van der Waals surface area contributed by atoms with Gasteiger partial charge in [0.15, 0.2) is 0 Å². The summed E-state index contributed by atoms with van der Waals surface area (Å²) in [5.41, 5.74) is 6.06. The Bertz CT molecular complexity index is 435. The molecule has 0 heterocycles. The lowest BCUT2D eigenvalue weighted by Gasteiger charge is -2.07. The van der Waals surface area contributed by atoms with Gasteiger partial charge in [-0.1, -0.05) is 17.7 Å². The van der Waals surface area contributed by atoms with Crippen molar-refractivity contribution in [1.82, 2.24) is 5.32 Å². The number of nitrogens with two attached hydrogens (primary N) is 1. The van der Waals surface area contributed by atoms with Gasteiger partial charge in [0.05, 0.1) is 22.7 Å². The summed E-state index contributed by atoms with van der Waals surface area (Å²) in [6.45, 7) is 0.00361. The lowest BCUT2D eigenvalue weighted by molar-refractivity contribution is -0.121. The standard InChI is InChI=1S/C11H13ClN2O3/c1-14-9(15)5-6-17-11(16)7-3-2-4-8(13)10(7)12/h2-4H,5-6,13H2,1H3,(H,14,15). The van der Waals surface area contributed by atoms with Crippen molar-refractivity contribution in [2.24, 2.45) is 0 Å². The molecule has 1 aromatic rings. The average molecular weight is 257 g/mol. The van der Waals surface area contributed by atoms with E-state index in [0.29, 0.717) is 5.69 Å². The minimum absolute atomic E-state index is 0.00361. The third-order valence-corrected chi connectivity index (χ3v) is 2.51. The highest BCUT2D eigenvalue weighted by atomic mass is 35.5. The summed E-state index contributed by atoms with van der Waals surface area (Å²) in [4.78, 5) is 22.5. The number of hydrogen-bond acceptors (Lipinski definition) is 4. The zero-order chi connectivity index (χ0) is 12.8. The quantitative estimate of drug-likeness (QED) is 0.627. The van der Waals surface area contributed by atoms with Gasteiger partial charge < -0.3 is 15.8 Å². The van der Waals surface area contributed by atoms with Crippen LogP contribution >= 0.6 is 11.6 Å². The van der Waals surface area contributed by atoms with E-state index in [2.05, 4.69) is 5.32 Å². The van der Waals surface area contributed by atoms with Gasteiger partial charge >= 0.3 is 5.97 Å². The van der Waals surface area contributed by atoms with Crippen LogP contribution in [0, 0.1) is 0 Å². The van der Waals surface area contributed by atoms with Gasteiger partial charge in [-0.2, -0.15) is 0 Å². The summed E-state index contributed by atoms with van der Waals surface area (Å²) in [6.07, 6.45) is 0.113. The fourth-order valence-electron chi connectivity index (χ4n) is 1.15. The van der Waals surface area contributed by atoms with Gasteiger partial charge in [0.1, 0.15) is 6.61 Å². The second-order valence-corrected chi connectivity index (χ2v) is 3.65. The molecular formula is C11H13ClN2O3. The Morgan fingerprint density at radius 2 is 2.18 bits per heavy atom. The Morgan fingerprint density at radius 1 is 1.47 bits per heavy atom. The highest BCUT2D eigenvalue weighted by Gasteiger charge is 2.13. The van der Waals surface area contributed by atoms with Gasteiger partial charge in [-0.3, -0.25) is 4.79 Å². The van der Waals surface area contributed by atoms with Crippen LogP contribution in [0.5, 0.6) is 0 Å². The van der Waals surface area contributed by atoms with E-state index in [1.807, 2.05) is 0 Å². The molecule has 1 rings (SSSR count). The molecular weight excluding hydrogens is 244 g/mol. The van der Waals surface area contributed by atoms with Crippen molar-refractivity contribution in [3.63, 3.8) is 0 Å². The van der Waals surface area contributed by atoms with Gasteiger partial charge in [-0.25, -0.2) is 4.79 Å². The topological polar surface area (TPSA) is 81.4 Å². The number of carbonyl (C=O) groups excluding carboxylic acids is 2. The molecule has 0 radical (unpaired) electrons. The average Bonchev–Trinajstić information content (AvgIpc) is 2.32. The van der Waals surface area contributed by atoms with Crippen LogP contribution < -0.4 is 11.1 Å². The molecule has 0 atom stereocenters. The summed E-state index contributed by atoms with van der Waals surface area (Å²) < 4.78 is 4.90. The van der Waals surface area contributed by atoms with Gasteiger partial charge in [0, 0.05) is 7.05 Å². The highest BCUT2D eigenvalue weighted by molar-refractivity contribution is 6.36. The van der Waals surface area contributed by atoms with E-state index < -0.39 is 5.97 Å². The van der Waals surface area contributed by atoms with Gasteiger partial charge in [-0.15, -0.1) is 0 Å². The molecule has 17 heavy (non-hydrogen) atoms. The van der Waals surface area contributed by atoms with E-state index in [-0.39, 0.29) is 29.5 Å². The third-order valence-electron chi connectivity index (χ3n) is 2.09. The fourth-order valence-corrected chi connectivity index (χ4v) is 1.35. The lowest BCUT2D eigenvalue weighted by atomic mass is 10.2. The van der Waals surface area contributed by atoms with Crippen LogP contribution in [-0.4, -0.2) is 25.5 Å². The van der Waals surface area contributed by atoms with E-state index in [9.17, 15) is 9.59 Å². The molecule has 1 aromatic carbocycles. The van der Waals surface area contributed by atoms with Crippen molar-refractivity contribution in [1.29, 1.82) is 0 Å². The Labute approximate surface area is 104 Å². The van der Waals surface area contributed by atoms with Crippen LogP contribution in [0.3, 0.4) is 0 Å². The maximum Gasteiger partial charge on any atom is 0.339 e. The molecule has 1 amide bonds. The van der Waals surface area contributed by atoms with E-state index in [4.69, 9.17) is 22.1 Å². The Hall–Kier alpha value is -1.75. The number of anilines is 1. The molecule has 0 fully saturated rings. The predicted molar refractivity (Wildman–Crippen MR) is 64.8 cm³/mol. The summed E-state index contributed by atoms with van der Waals surface area (Å²) in [7, 11) is 1.51. The maximum absolute atomic E-state index is 11.6. The van der Waals surface area contributed by atoms with Gasteiger partial charge in [0.2, 0.25) is 5.91 Å². The second-order valence-electron chi connectivity index (χ2n) is 3.27. The number of esters is 1. The van der Waals surface area contributed by atoms with E-state index >= 15 is 0 Å². The van der Waals surface area contributed by atoms with Crippen LogP contribution in [0.25, 0.3) is 0 Å².